The first-order chi connectivity index (χ1) is 8.58. The molecule has 1 saturated carbocycles. The van der Waals surface area contributed by atoms with Crippen molar-refractivity contribution in [2.45, 2.75) is 49.2 Å². The maximum absolute atomic E-state index is 12.1. The monoisotopic (exact) mass is 295 g/mol. The van der Waals surface area contributed by atoms with E-state index in [-0.39, 0.29) is 10.6 Å². The number of hydrogen-bond donors (Lipinski definition) is 1. The molecule has 2 fully saturated rings. The number of sulfonamides is 1. The molecule has 0 unspecified atom stereocenters. The summed E-state index contributed by atoms with van der Waals surface area (Å²) in [6.07, 6.45) is 5.30. The number of rotatable bonds is 4. The lowest BCUT2D eigenvalue weighted by Crippen LogP contribution is -2.40. The van der Waals surface area contributed by atoms with Crippen LogP contribution in [0.2, 0.25) is 0 Å². The minimum Gasteiger partial charge on any atom is -0.381 e. The molecule has 1 aliphatic heterocycles. The minimum absolute atomic E-state index is 0.268. The van der Waals surface area contributed by atoms with Gasteiger partial charge in [-0.05, 0) is 44.4 Å². The Kier molecular flexibility index (Phi) is 5.30. The molecule has 0 bridgehead atoms. The van der Waals surface area contributed by atoms with Crippen molar-refractivity contribution in [2.75, 3.05) is 19.8 Å². The van der Waals surface area contributed by atoms with Gasteiger partial charge in [0.25, 0.3) is 0 Å². The molecule has 0 aromatic heterocycles. The van der Waals surface area contributed by atoms with Crippen molar-refractivity contribution in [3.05, 3.63) is 0 Å². The van der Waals surface area contributed by atoms with Gasteiger partial charge in [0.15, 0.2) is 0 Å². The smallest absolute Gasteiger partial charge is 0.214 e. The summed E-state index contributed by atoms with van der Waals surface area (Å²) < 4.78 is 32.2. The first kappa shape index (κ1) is 14.6. The van der Waals surface area contributed by atoms with Crippen molar-refractivity contribution < 1.29 is 13.2 Å². The molecule has 1 heterocycles. The molecule has 0 radical (unpaired) electrons. The SMILES string of the molecule is O=S(=O)(NCC1CCC(Cl)CC1)C1CCOCC1. The molecule has 0 atom stereocenters. The molecule has 1 saturated heterocycles. The molecule has 0 aromatic rings. The fourth-order valence-corrected chi connectivity index (χ4v) is 4.43. The molecule has 0 amide bonds. The molecule has 0 aromatic carbocycles. The number of nitrogens with one attached hydrogen (secondary N) is 1. The van der Waals surface area contributed by atoms with Crippen LogP contribution in [0.15, 0.2) is 0 Å². The molecule has 1 aliphatic carbocycles. The van der Waals surface area contributed by atoms with Crippen LogP contribution in [0.25, 0.3) is 0 Å². The average Bonchev–Trinajstić information content (AvgIpc) is 2.39. The van der Waals surface area contributed by atoms with Gasteiger partial charge in [-0.25, -0.2) is 13.1 Å². The quantitative estimate of drug-likeness (QED) is 0.806. The third-order valence-corrected chi connectivity index (χ3v) is 6.31. The first-order valence-electron chi connectivity index (χ1n) is 6.78. The van der Waals surface area contributed by atoms with Crippen molar-refractivity contribution in [3.8, 4) is 0 Å². The number of halogens is 1. The van der Waals surface area contributed by atoms with Crippen LogP contribution in [0.1, 0.15) is 38.5 Å². The Labute approximate surface area is 114 Å². The molecule has 6 heteroatoms. The average molecular weight is 296 g/mol. The van der Waals surface area contributed by atoms with E-state index in [0.717, 1.165) is 25.7 Å². The summed E-state index contributed by atoms with van der Waals surface area (Å²) in [5.74, 6) is 0.453. The summed E-state index contributed by atoms with van der Waals surface area (Å²) in [7, 11) is -3.16. The summed E-state index contributed by atoms with van der Waals surface area (Å²) in [5.41, 5.74) is 0. The first-order valence-corrected chi connectivity index (χ1v) is 8.76. The van der Waals surface area contributed by atoms with Gasteiger partial charge in [-0.2, -0.15) is 0 Å². The summed E-state index contributed by atoms with van der Waals surface area (Å²) in [4.78, 5) is 0. The predicted octanol–water partition coefficient (Wildman–Crippen LogP) is 1.88. The Morgan fingerprint density at radius 2 is 1.67 bits per heavy atom. The molecular weight excluding hydrogens is 274 g/mol. The third kappa shape index (κ3) is 4.08. The lowest BCUT2D eigenvalue weighted by molar-refractivity contribution is 0.0981. The molecule has 4 nitrogen and oxygen atoms in total. The van der Waals surface area contributed by atoms with Gasteiger partial charge in [0, 0.05) is 25.1 Å². The topological polar surface area (TPSA) is 55.4 Å². The minimum atomic E-state index is -3.16. The second kappa shape index (κ2) is 6.55. The fraction of sp³-hybridized carbons (Fsp3) is 1.00. The standard InChI is InChI=1S/C12H22ClNO3S/c13-11-3-1-10(2-4-11)9-14-18(15,16)12-5-7-17-8-6-12/h10-12,14H,1-9H2. The Balaban J connectivity index is 1.77. The normalized spacial score (nSPS) is 31.4. The van der Waals surface area contributed by atoms with Crippen molar-refractivity contribution in [2.24, 2.45) is 5.92 Å². The van der Waals surface area contributed by atoms with Gasteiger partial charge in [-0.1, -0.05) is 0 Å². The van der Waals surface area contributed by atoms with Gasteiger partial charge in [0.1, 0.15) is 0 Å². The second-order valence-electron chi connectivity index (χ2n) is 5.32. The van der Waals surface area contributed by atoms with Crippen molar-refractivity contribution >= 4 is 21.6 Å². The second-order valence-corrected chi connectivity index (χ2v) is 7.99. The summed E-state index contributed by atoms with van der Waals surface area (Å²) in [5, 5.41) is 0.0176. The maximum Gasteiger partial charge on any atom is 0.214 e. The van der Waals surface area contributed by atoms with Crippen LogP contribution >= 0.6 is 11.6 Å². The highest BCUT2D eigenvalue weighted by Crippen LogP contribution is 2.27. The maximum atomic E-state index is 12.1. The van der Waals surface area contributed by atoms with Crippen LogP contribution in [0.3, 0.4) is 0 Å². The third-order valence-electron chi connectivity index (χ3n) is 3.96. The van der Waals surface area contributed by atoms with Crippen molar-refractivity contribution in [1.82, 2.24) is 4.72 Å². The fourth-order valence-electron chi connectivity index (χ4n) is 2.66. The zero-order valence-corrected chi connectivity index (χ0v) is 12.2. The zero-order chi connectivity index (χ0) is 13.0. The summed E-state index contributed by atoms with van der Waals surface area (Å²) >= 11 is 6.04. The van der Waals surface area contributed by atoms with E-state index >= 15 is 0 Å². The Hall–Kier alpha value is 0.160. The molecule has 2 aliphatic rings. The van der Waals surface area contributed by atoms with Gasteiger partial charge < -0.3 is 4.74 Å². The molecule has 106 valence electrons. The van der Waals surface area contributed by atoms with E-state index in [1.54, 1.807) is 0 Å². The Morgan fingerprint density at radius 1 is 1.06 bits per heavy atom. The molecule has 2 rings (SSSR count). The Morgan fingerprint density at radius 3 is 2.28 bits per heavy atom. The molecular formula is C12H22ClNO3S. The predicted molar refractivity (Wildman–Crippen MR) is 72.4 cm³/mol. The van der Waals surface area contributed by atoms with Crippen LogP contribution in [0, 0.1) is 5.92 Å². The lowest BCUT2D eigenvalue weighted by atomic mass is 9.89. The van der Waals surface area contributed by atoms with Crippen LogP contribution < -0.4 is 4.72 Å². The van der Waals surface area contributed by atoms with Gasteiger partial charge >= 0.3 is 0 Å². The van der Waals surface area contributed by atoms with Crippen molar-refractivity contribution in [1.29, 1.82) is 0 Å². The molecule has 0 spiro atoms. The van der Waals surface area contributed by atoms with Crippen LogP contribution in [-0.2, 0) is 14.8 Å². The summed E-state index contributed by atoms with van der Waals surface area (Å²) in [6.45, 7) is 1.69. The Bertz CT molecular complexity index is 346. The molecule has 1 N–H and O–H groups in total. The highest BCUT2D eigenvalue weighted by atomic mass is 35.5. The number of alkyl halides is 1. The lowest BCUT2D eigenvalue weighted by Gasteiger charge is -2.27. The number of hydrogen-bond acceptors (Lipinski definition) is 3. The van der Waals surface area contributed by atoms with E-state index in [4.69, 9.17) is 16.3 Å². The van der Waals surface area contributed by atoms with Crippen LogP contribution in [0.4, 0.5) is 0 Å². The van der Waals surface area contributed by atoms with E-state index in [0.29, 0.717) is 38.5 Å². The highest BCUT2D eigenvalue weighted by Gasteiger charge is 2.28. The van der Waals surface area contributed by atoms with Crippen LogP contribution in [0.5, 0.6) is 0 Å². The van der Waals surface area contributed by atoms with Crippen molar-refractivity contribution in [3.63, 3.8) is 0 Å². The van der Waals surface area contributed by atoms with E-state index in [1.165, 1.54) is 0 Å². The van der Waals surface area contributed by atoms with Gasteiger partial charge in [0.2, 0.25) is 10.0 Å². The number of ether oxygens (including phenoxy) is 1. The van der Waals surface area contributed by atoms with E-state index in [9.17, 15) is 8.42 Å². The summed E-state index contributed by atoms with van der Waals surface area (Å²) in [6, 6.07) is 0. The molecule has 18 heavy (non-hydrogen) atoms. The zero-order valence-electron chi connectivity index (χ0n) is 10.6. The van der Waals surface area contributed by atoms with Gasteiger partial charge in [-0.3, -0.25) is 0 Å². The van der Waals surface area contributed by atoms with Gasteiger partial charge in [-0.15, -0.1) is 11.6 Å². The van der Waals surface area contributed by atoms with Gasteiger partial charge in [0.05, 0.1) is 5.25 Å². The van der Waals surface area contributed by atoms with Crippen LogP contribution in [-0.4, -0.2) is 38.8 Å². The highest BCUT2D eigenvalue weighted by molar-refractivity contribution is 7.90. The van der Waals surface area contributed by atoms with E-state index in [2.05, 4.69) is 4.72 Å². The largest absolute Gasteiger partial charge is 0.381 e. The van der Waals surface area contributed by atoms with E-state index in [1.807, 2.05) is 0 Å². The van der Waals surface area contributed by atoms with E-state index < -0.39 is 10.0 Å².